The van der Waals surface area contributed by atoms with Crippen LogP contribution in [0.4, 0.5) is 4.39 Å². The third kappa shape index (κ3) is 5.71. The number of nitrogens with zero attached hydrogens (tertiary/aromatic N) is 2. The molecule has 0 radical (unpaired) electrons. The van der Waals surface area contributed by atoms with E-state index in [1.54, 1.807) is 24.1 Å². The van der Waals surface area contributed by atoms with Crippen LogP contribution in [0.5, 0.6) is 5.75 Å². The molecule has 2 aromatic rings. The summed E-state index contributed by atoms with van der Waals surface area (Å²) in [4.78, 5) is 16.2. The molecule has 0 heterocycles. The van der Waals surface area contributed by atoms with Crippen LogP contribution in [0.15, 0.2) is 42.5 Å². The summed E-state index contributed by atoms with van der Waals surface area (Å²) in [5, 5.41) is 0.627. The number of ether oxygens (including phenoxy) is 1. The zero-order valence-corrected chi connectivity index (χ0v) is 16.1. The predicted molar refractivity (Wildman–Crippen MR) is 102 cm³/mol. The standard InChI is InChI=1S/C20H24ClFN2O2/c1-4-24(12-15-6-5-7-18(22)10-15)20(25)14-23(2)13-16-11-17(21)8-9-19(16)26-3/h5-11H,4,12-14H2,1-3H3. The molecule has 0 atom stereocenters. The van der Waals surface area contributed by atoms with E-state index in [2.05, 4.69) is 0 Å². The summed E-state index contributed by atoms with van der Waals surface area (Å²) < 4.78 is 18.7. The van der Waals surface area contributed by atoms with Crippen LogP contribution in [0, 0.1) is 5.82 Å². The first-order valence-electron chi connectivity index (χ1n) is 8.46. The summed E-state index contributed by atoms with van der Waals surface area (Å²) in [5.74, 6) is 0.428. The summed E-state index contributed by atoms with van der Waals surface area (Å²) in [5.41, 5.74) is 1.70. The van der Waals surface area contributed by atoms with Gasteiger partial charge in [0, 0.05) is 30.2 Å². The lowest BCUT2D eigenvalue weighted by Gasteiger charge is -2.25. The van der Waals surface area contributed by atoms with E-state index in [4.69, 9.17) is 16.3 Å². The first-order chi connectivity index (χ1) is 12.4. The Kier molecular flexibility index (Phi) is 7.42. The lowest BCUT2D eigenvalue weighted by atomic mass is 10.2. The Morgan fingerprint density at radius 3 is 2.62 bits per heavy atom. The maximum Gasteiger partial charge on any atom is 0.237 e. The molecule has 0 aliphatic rings. The number of benzene rings is 2. The number of amides is 1. The number of likely N-dealkylation sites (N-methyl/N-ethyl adjacent to an activating group) is 2. The molecular formula is C20H24ClFN2O2. The second-order valence-electron chi connectivity index (χ2n) is 6.17. The Balaban J connectivity index is 1.99. The number of halogens is 2. The van der Waals surface area contributed by atoms with Gasteiger partial charge in [0.1, 0.15) is 11.6 Å². The van der Waals surface area contributed by atoms with Gasteiger partial charge in [-0.25, -0.2) is 4.39 Å². The van der Waals surface area contributed by atoms with E-state index in [0.29, 0.717) is 24.7 Å². The number of hydrogen-bond donors (Lipinski definition) is 0. The van der Waals surface area contributed by atoms with E-state index in [1.807, 2.05) is 37.1 Å². The molecule has 0 aliphatic heterocycles. The highest BCUT2D eigenvalue weighted by Gasteiger charge is 2.16. The molecule has 26 heavy (non-hydrogen) atoms. The second-order valence-corrected chi connectivity index (χ2v) is 6.60. The first kappa shape index (κ1) is 20.2. The molecule has 4 nitrogen and oxygen atoms in total. The van der Waals surface area contributed by atoms with Gasteiger partial charge in [-0.2, -0.15) is 0 Å². The maximum absolute atomic E-state index is 13.3. The van der Waals surface area contributed by atoms with Gasteiger partial charge in [-0.1, -0.05) is 23.7 Å². The average molecular weight is 379 g/mol. The largest absolute Gasteiger partial charge is 0.496 e. The zero-order valence-electron chi connectivity index (χ0n) is 15.3. The molecule has 2 aromatic carbocycles. The van der Waals surface area contributed by atoms with Crippen LogP contribution in [0.1, 0.15) is 18.1 Å². The fourth-order valence-electron chi connectivity index (χ4n) is 2.78. The second kappa shape index (κ2) is 9.55. The van der Waals surface area contributed by atoms with Crippen molar-refractivity contribution in [2.24, 2.45) is 0 Å². The highest BCUT2D eigenvalue weighted by molar-refractivity contribution is 6.30. The fraction of sp³-hybridized carbons (Fsp3) is 0.350. The summed E-state index contributed by atoms with van der Waals surface area (Å²) in [6, 6.07) is 11.7. The fourth-order valence-corrected chi connectivity index (χ4v) is 2.98. The van der Waals surface area contributed by atoms with Gasteiger partial charge in [0.05, 0.1) is 13.7 Å². The van der Waals surface area contributed by atoms with Crippen LogP contribution in [0.25, 0.3) is 0 Å². The monoisotopic (exact) mass is 378 g/mol. The molecule has 0 bridgehead atoms. The highest BCUT2D eigenvalue weighted by Crippen LogP contribution is 2.23. The zero-order chi connectivity index (χ0) is 19.1. The minimum Gasteiger partial charge on any atom is -0.496 e. The summed E-state index contributed by atoms with van der Waals surface area (Å²) in [7, 11) is 3.48. The van der Waals surface area contributed by atoms with Gasteiger partial charge in [-0.05, 0) is 49.9 Å². The highest BCUT2D eigenvalue weighted by atomic mass is 35.5. The molecule has 0 unspecified atom stereocenters. The van der Waals surface area contributed by atoms with Gasteiger partial charge < -0.3 is 9.64 Å². The normalized spacial score (nSPS) is 10.8. The smallest absolute Gasteiger partial charge is 0.237 e. The topological polar surface area (TPSA) is 32.8 Å². The van der Waals surface area contributed by atoms with Crippen molar-refractivity contribution in [3.63, 3.8) is 0 Å². The minimum atomic E-state index is -0.295. The van der Waals surface area contributed by atoms with Gasteiger partial charge in [-0.3, -0.25) is 9.69 Å². The molecule has 2 rings (SSSR count). The summed E-state index contributed by atoms with van der Waals surface area (Å²) in [6.07, 6.45) is 0. The maximum atomic E-state index is 13.3. The Morgan fingerprint density at radius 1 is 1.19 bits per heavy atom. The van der Waals surface area contributed by atoms with Gasteiger partial charge in [0.2, 0.25) is 5.91 Å². The van der Waals surface area contributed by atoms with E-state index >= 15 is 0 Å². The predicted octanol–water partition coefficient (Wildman–Crippen LogP) is 3.97. The van der Waals surface area contributed by atoms with Gasteiger partial charge >= 0.3 is 0 Å². The Labute approximate surface area is 159 Å². The van der Waals surface area contributed by atoms with Crippen molar-refractivity contribution < 1.29 is 13.9 Å². The number of carbonyl (C=O) groups is 1. The van der Waals surface area contributed by atoms with Crippen molar-refractivity contribution in [2.45, 2.75) is 20.0 Å². The molecule has 0 aliphatic carbocycles. The van der Waals surface area contributed by atoms with Crippen molar-refractivity contribution in [2.75, 3.05) is 27.2 Å². The van der Waals surface area contributed by atoms with Gasteiger partial charge in [-0.15, -0.1) is 0 Å². The molecular weight excluding hydrogens is 355 g/mol. The Bertz CT molecular complexity index is 754. The van der Waals surface area contributed by atoms with Crippen LogP contribution in [-0.4, -0.2) is 43.0 Å². The lowest BCUT2D eigenvalue weighted by molar-refractivity contribution is -0.132. The molecule has 0 aromatic heterocycles. The molecule has 0 saturated carbocycles. The molecule has 0 fully saturated rings. The van der Waals surface area contributed by atoms with Crippen molar-refractivity contribution in [3.8, 4) is 5.75 Å². The third-order valence-electron chi connectivity index (χ3n) is 4.08. The summed E-state index contributed by atoms with van der Waals surface area (Å²) in [6.45, 7) is 3.65. The molecule has 140 valence electrons. The Morgan fingerprint density at radius 2 is 1.96 bits per heavy atom. The molecule has 0 N–H and O–H groups in total. The van der Waals surface area contributed by atoms with Gasteiger partial charge in [0.25, 0.3) is 0 Å². The first-order valence-corrected chi connectivity index (χ1v) is 8.84. The van der Waals surface area contributed by atoms with Crippen molar-refractivity contribution in [1.82, 2.24) is 9.80 Å². The molecule has 1 amide bonds. The van der Waals surface area contributed by atoms with Crippen molar-refractivity contribution in [1.29, 1.82) is 0 Å². The number of methoxy groups -OCH3 is 1. The van der Waals surface area contributed by atoms with Crippen LogP contribution < -0.4 is 4.74 Å². The van der Waals surface area contributed by atoms with E-state index in [1.165, 1.54) is 12.1 Å². The van der Waals surface area contributed by atoms with Crippen LogP contribution in [0.3, 0.4) is 0 Å². The minimum absolute atomic E-state index is 0.0137. The van der Waals surface area contributed by atoms with Crippen LogP contribution in [-0.2, 0) is 17.9 Å². The third-order valence-corrected chi connectivity index (χ3v) is 4.32. The molecule has 0 spiro atoms. The molecule has 0 saturated heterocycles. The van der Waals surface area contributed by atoms with E-state index in [-0.39, 0.29) is 18.3 Å². The lowest BCUT2D eigenvalue weighted by Crippen LogP contribution is -2.38. The van der Waals surface area contributed by atoms with E-state index in [0.717, 1.165) is 16.9 Å². The average Bonchev–Trinajstić information content (AvgIpc) is 2.59. The number of rotatable bonds is 8. The van der Waals surface area contributed by atoms with E-state index < -0.39 is 0 Å². The summed E-state index contributed by atoms with van der Waals surface area (Å²) >= 11 is 6.06. The number of hydrogen-bond acceptors (Lipinski definition) is 3. The van der Waals surface area contributed by atoms with Gasteiger partial charge in [0.15, 0.2) is 0 Å². The number of carbonyl (C=O) groups excluding carboxylic acids is 1. The quantitative estimate of drug-likeness (QED) is 0.696. The van der Waals surface area contributed by atoms with Crippen molar-refractivity contribution in [3.05, 3.63) is 64.4 Å². The molecule has 6 heteroatoms. The SMILES string of the molecule is CCN(Cc1cccc(F)c1)C(=O)CN(C)Cc1cc(Cl)ccc1OC. The van der Waals surface area contributed by atoms with E-state index in [9.17, 15) is 9.18 Å². The van der Waals surface area contributed by atoms with Crippen LogP contribution >= 0.6 is 11.6 Å². The van der Waals surface area contributed by atoms with Crippen molar-refractivity contribution >= 4 is 17.5 Å². The van der Waals surface area contributed by atoms with Crippen LogP contribution in [0.2, 0.25) is 5.02 Å². The Hall–Kier alpha value is -2.11.